The maximum atomic E-state index is 11.3. The minimum Gasteiger partial charge on any atom is -0.493 e. The summed E-state index contributed by atoms with van der Waals surface area (Å²) in [7, 11) is 3.41. The number of halogens is 1. The van der Waals surface area contributed by atoms with Crippen LogP contribution in [0.2, 0.25) is 5.02 Å². The molecule has 0 atom stereocenters. The van der Waals surface area contributed by atoms with E-state index in [1.807, 2.05) is 32.2 Å². The molecule has 0 fully saturated rings. The molecule has 0 radical (unpaired) electrons. The molecule has 0 N–H and O–H groups in total. The van der Waals surface area contributed by atoms with E-state index in [0.717, 1.165) is 29.8 Å². The number of benzene rings is 2. The van der Waals surface area contributed by atoms with Crippen molar-refractivity contribution in [3.05, 3.63) is 57.6 Å². The van der Waals surface area contributed by atoms with E-state index in [2.05, 4.69) is 30.9 Å². The average Bonchev–Trinajstić information content (AvgIpc) is 2.71. The summed E-state index contributed by atoms with van der Waals surface area (Å²) in [4.78, 5) is 13.4. The molecule has 0 heterocycles. The van der Waals surface area contributed by atoms with Gasteiger partial charge in [-0.25, -0.2) is 0 Å². The van der Waals surface area contributed by atoms with Gasteiger partial charge in [0.1, 0.15) is 18.1 Å². The van der Waals surface area contributed by atoms with Gasteiger partial charge in [0.25, 0.3) is 0 Å². The highest BCUT2D eigenvalue weighted by molar-refractivity contribution is 6.32. The zero-order chi connectivity index (χ0) is 22.1. The van der Waals surface area contributed by atoms with Gasteiger partial charge in [0.15, 0.2) is 0 Å². The second kappa shape index (κ2) is 11.8. The number of esters is 1. The number of methoxy groups -OCH3 is 1. The SMILES string of the molecule is CCOc1cc(OCc2cccc(C)c2C)c(Cl)cc1CN(C)CCCC(=O)OC. The van der Waals surface area contributed by atoms with Crippen molar-refractivity contribution in [3.63, 3.8) is 0 Å². The molecular formula is C24H32ClNO4. The van der Waals surface area contributed by atoms with E-state index in [9.17, 15) is 4.79 Å². The quantitative estimate of drug-likeness (QED) is 0.449. The van der Waals surface area contributed by atoms with Crippen molar-refractivity contribution in [3.8, 4) is 11.5 Å². The van der Waals surface area contributed by atoms with E-state index in [1.165, 1.54) is 18.2 Å². The lowest BCUT2D eigenvalue weighted by Crippen LogP contribution is -2.20. The Kier molecular flexibility index (Phi) is 9.47. The van der Waals surface area contributed by atoms with E-state index >= 15 is 0 Å². The van der Waals surface area contributed by atoms with Crippen LogP contribution < -0.4 is 9.47 Å². The first kappa shape index (κ1) is 24.0. The molecule has 0 unspecified atom stereocenters. The van der Waals surface area contributed by atoms with Gasteiger partial charge in [-0.1, -0.05) is 29.8 Å². The Morgan fingerprint density at radius 3 is 2.57 bits per heavy atom. The third-order valence-corrected chi connectivity index (χ3v) is 5.40. The van der Waals surface area contributed by atoms with Crippen LogP contribution in [0.1, 0.15) is 42.0 Å². The van der Waals surface area contributed by atoms with Crippen molar-refractivity contribution in [2.24, 2.45) is 0 Å². The zero-order valence-electron chi connectivity index (χ0n) is 18.6. The second-order valence-electron chi connectivity index (χ2n) is 7.39. The zero-order valence-corrected chi connectivity index (χ0v) is 19.3. The largest absolute Gasteiger partial charge is 0.493 e. The number of ether oxygens (including phenoxy) is 3. The Labute approximate surface area is 184 Å². The van der Waals surface area contributed by atoms with Gasteiger partial charge in [0.2, 0.25) is 0 Å². The van der Waals surface area contributed by atoms with Gasteiger partial charge >= 0.3 is 5.97 Å². The van der Waals surface area contributed by atoms with Crippen molar-refractivity contribution in [1.82, 2.24) is 4.90 Å². The number of carbonyl (C=O) groups is 1. The molecular weight excluding hydrogens is 402 g/mol. The molecule has 0 aromatic heterocycles. The average molecular weight is 434 g/mol. The lowest BCUT2D eigenvalue weighted by atomic mass is 10.0. The second-order valence-corrected chi connectivity index (χ2v) is 7.80. The van der Waals surface area contributed by atoms with Crippen LogP contribution in [0, 0.1) is 13.8 Å². The van der Waals surface area contributed by atoms with E-state index in [-0.39, 0.29) is 5.97 Å². The molecule has 0 saturated carbocycles. The van der Waals surface area contributed by atoms with Crippen LogP contribution in [-0.2, 0) is 22.7 Å². The first-order valence-electron chi connectivity index (χ1n) is 10.2. The molecule has 2 aromatic carbocycles. The number of nitrogens with zero attached hydrogens (tertiary/aromatic N) is 1. The predicted octanol–water partition coefficient (Wildman–Crippen LogP) is 5.32. The molecule has 0 spiro atoms. The Morgan fingerprint density at radius 2 is 1.87 bits per heavy atom. The molecule has 0 aliphatic rings. The Morgan fingerprint density at radius 1 is 1.10 bits per heavy atom. The topological polar surface area (TPSA) is 48.0 Å². The summed E-state index contributed by atoms with van der Waals surface area (Å²) >= 11 is 6.53. The summed E-state index contributed by atoms with van der Waals surface area (Å²) in [5, 5.41) is 0.557. The minimum absolute atomic E-state index is 0.188. The molecule has 5 nitrogen and oxygen atoms in total. The van der Waals surface area contributed by atoms with Crippen LogP contribution in [0.5, 0.6) is 11.5 Å². The number of aryl methyl sites for hydroxylation is 1. The fourth-order valence-corrected chi connectivity index (χ4v) is 3.43. The Bertz CT molecular complexity index is 853. The monoisotopic (exact) mass is 433 g/mol. The summed E-state index contributed by atoms with van der Waals surface area (Å²) in [5.41, 5.74) is 4.59. The van der Waals surface area contributed by atoms with Crippen LogP contribution in [0.25, 0.3) is 0 Å². The van der Waals surface area contributed by atoms with Gasteiger partial charge in [-0.15, -0.1) is 0 Å². The normalized spacial score (nSPS) is 10.9. The lowest BCUT2D eigenvalue weighted by Gasteiger charge is -2.20. The third kappa shape index (κ3) is 6.92. The van der Waals surface area contributed by atoms with Crippen molar-refractivity contribution in [1.29, 1.82) is 0 Å². The molecule has 0 aliphatic carbocycles. The van der Waals surface area contributed by atoms with Crippen molar-refractivity contribution >= 4 is 17.6 Å². The smallest absolute Gasteiger partial charge is 0.305 e. The summed E-state index contributed by atoms with van der Waals surface area (Å²) in [6.07, 6.45) is 1.14. The van der Waals surface area contributed by atoms with Crippen LogP contribution in [0.15, 0.2) is 30.3 Å². The third-order valence-electron chi connectivity index (χ3n) is 5.10. The maximum absolute atomic E-state index is 11.3. The fraction of sp³-hybridized carbons (Fsp3) is 0.458. The maximum Gasteiger partial charge on any atom is 0.305 e. The van der Waals surface area contributed by atoms with Crippen molar-refractivity contribution in [2.75, 3.05) is 27.3 Å². The van der Waals surface area contributed by atoms with Gasteiger partial charge in [0, 0.05) is 24.6 Å². The highest BCUT2D eigenvalue weighted by atomic mass is 35.5. The molecule has 2 aromatic rings. The Hall–Kier alpha value is -2.24. The summed E-state index contributed by atoms with van der Waals surface area (Å²) in [6.45, 7) is 8.57. The molecule has 0 bridgehead atoms. The summed E-state index contributed by atoms with van der Waals surface area (Å²) in [5.74, 6) is 1.18. The summed E-state index contributed by atoms with van der Waals surface area (Å²) < 4.78 is 16.6. The van der Waals surface area contributed by atoms with Crippen LogP contribution in [0.3, 0.4) is 0 Å². The minimum atomic E-state index is -0.188. The Balaban J connectivity index is 2.08. The van der Waals surface area contributed by atoms with Gasteiger partial charge in [-0.05, 0) is 63.5 Å². The van der Waals surface area contributed by atoms with Gasteiger partial charge < -0.3 is 19.1 Å². The van der Waals surface area contributed by atoms with Crippen LogP contribution in [0.4, 0.5) is 0 Å². The number of hydrogen-bond donors (Lipinski definition) is 0. The van der Waals surface area contributed by atoms with Gasteiger partial charge in [-0.3, -0.25) is 4.79 Å². The molecule has 0 saturated heterocycles. The number of rotatable bonds is 11. The summed E-state index contributed by atoms with van der Waals surface area (Å²) in [6, 6.07) is 9.97. The van der Waals surface area contributed by atoms with E-state index in [1.54, 1.807) is 0 Å². The van der Waals surface area contributed by atoms with Crippen LogP contribution >= 0.6 is 11.6 Å². The lowest BCUT2D eigenvalue weighted by molar-refractivity contribution is -0.140. The fourth-order valence-electron chi connectivity index (χ4n) is 3.19. The molecule has 164 valence electrons. The van der Waals surface area contributed by atoms with E-state index < -0.39 is 0 Å². The molecule has 30 heavy (non-hydrogen) atoms. The van der Waals surface area contributed by atoms with Crippen molar-refractivity contribution in [2.45, 2.75) is 46.8 Å². The molecule has 0 aliphatic heterocycles. The molecule has 6 heteroatoms. The van der Waals surface area contributed by atoms with E-state index in [0.29, 0.717) is 37.0 Å². The van der Waals surface area contributed by atoms with Crippen molar-refractivity contribution < 1.29 is 19.0 Å². The van der Waals surface area contributed by atoms with Gasteiger partial charge in [0.05, 0.1) is 18.7 Å². The first-order chi connectivity index (χ1) is 14.3. The highest BCUT2D eigenvalue weighted by Gasteiger charge is 2.14. The van der Waals surface area contributed by atoms with E-state index in [4.69, 9.17) is 25.8 Å². The number of hydrogen-bond acceptors (Lipinski definition) is 5. The van der Waals surface area contributed by atoms with Crippen LogP contribution in [-0.4, -0.2) is 38.2 Å². The predicted molar refractivity (Wildman–Crippen MR) is 120 cm³/mol. The number of carbonyl (C=O) groups excluding carboxylic acids is 1. The standard InChI is InChI=1S/C24H32ClNO4/c1-6-29-22-14-23(30-16-19-10-7-9-17(2)18(19)3)21(25)13-20(22)15-26(4)12-8-11-24(27)28-5/h7,9-10,13-14H,6,8,11-12,15-16H2,1-5H3. The highest BCUT2D eigenvalue weighted by Crippen LogP contribution is 2.34. The first-order valence-corrected chi connectivity index (χ1v) is 10.6. The molecule has 2 rings (SSSR count). The molecule has 0 amide bonds. The van der Waals surface area contributed by atoms with Gasteiger partial charge in [-0.2, -0.15) is 0 Å².